The van der Waals surface area contributed by atoms with Crippen molar-refractivity contribution in [3.8, 4) is 0 Å². The molecule has 1 unspecified atom stereocenters. The first kappa shape index (κ1) is 17.7. The lowest BCUT2D eigenvalue weighted by atomic mass is 9.97. The van der Waals surface area contributed by atoms with E-state index in [2.05, 4.69) is 15.4 Å². The summed E-state index contributed by atoms with van der Waals surface area (Å²) < 4.78 is 26.6. The molecule has 0 bridgehead atoms. The summed E-state index contributed by atoms with van der Waals surface area (Å²) in [7, 11) is -1.63. The largest absolute Gasteiger partial charge is 0.324 e. The molecule has 1 aliphatic carbocycles. The second-order valence-corrected chi connectivity index (χ2v) is 8.66. The minimum atomic E-state index is -3.40. The second kappa shape index (κ2) is 6.99. The molecule has 0 saturated heterocycles. The number of carbonyl (C=O) groups is 1. The fraction of sp³-hybridized carbons (Fsp3) is 0.562. The topological polar surface area (TPSA) is 98.9 Å². The maximum Gasteiger partial charge on any atom is 0.248 e. The first-order valence-electron chi connectivity index (χ1n) is 8.37. The van der Waals surface area contributed by atoms with Gasteiger partial charge in [-0.2, -0.15) is 5.10 Å². The molecule has 1 amide bonds. The van der Waals surface area contributed by atoms with Crippen molar-refractivity contribution in [2.24, 2.45) is 13.0 Å². The first-order valence-corrected chi connectivity index (χ1v) is 10.3. The molecular formula is C16H23N5O3S. The number of rotatable bonds is 6. The summed E-state index contributed by atoms with van der Waals surface area (Å²) in [5.74, 6) is 0.735. The van der Waals surface area contributed by atoms with Crippen molar-refractivity contribution in [2.45, 2.75) is 43.2 Å². The van der Waals surface area contributed by atoms with Crippen LogP contribution >= 0.6 is 0 Å². The van der Waals surface area contributed by atoms with Crippen LogP contribution in [0.5, 0.6) is 0 Å². The molecule has 2 heterocycles. The molecule has 1 saturated carbocycles. The van der Waals surface area contributed by atoms with Crippen LogP contribution in [0.2, 0.25) is 0 Å². The summed E-state index contributed by atoms with van der Waals surface area (Å²) in [5.41, 5.74) is 0. The molecule has 0 radical (unpaired) electrons. The van der Waals surface area contributed by atoms with Crippen LogP contribution in [0.25, 0.3) is 0 Å². The Balaban J connectivity index is 1.83. The molecule has 1 fully saturated rings. The SMILES string of the molecule is Cn1ccc(NC(=O)C(CC2CCCC2)n2cnc(S(C)(=O)=O)c2)n1. The van der Waals surface area contributed by atoms with Crippen molar-refractivity contribution in [1.82, 2.24) is 19.3 Å². The number of hydrogen-bond acceptors (Lipinski definition) is 5. The summed E-state index contributed by atoms with van der Waals surface area (Å²) >= 11 is 0. The molecule has 8 nitrogen and oxygen atoms in total. The van der Waals surface area contributed by atoms with E-state index >= 15 is 0 Å². The number of carbonyl (C=O) groups excluding carboxylic acids is 1. The molecule has 1 N–H and O–H groups in total. The Morgan fingerprint density at radius 3 is 2.68 bits per heavy atom. The summed E-state index contributed by atoms with van der Waals surface area (Å²) in [4.78, 5) is 16.8. The average molecular weight is 365 g/mol. The highest BCUT2D eigenvalue weighted by Gasteiger charge is 2.28. The molecule has 0 aromatic carbocycles. The van der Waals surface area contributed by atoms with Gasteiger partial charge in [-0.25, -0.2) is 13.4 Å². The molecular weight excluding hydrogens is 342 g/mol. The van der Waals surface area contributed by atoms with Crippen LogP contribution in [-0.2, 0) is 21.7 Å². The monoisotopic (exact) mass is 365 g/mol. The van der Waals surface area contributed by atoms with Gasteiger partial charge < -0.3 is 9.88 Å². The number of sulfone groups is 1. The lowest BCUT2D eigenvalue weighted by Gasteiger charge is -2.20. The van der Waals surface area contributed by atoms with Crippen LogP contribution in [0.1, 0.15) is 38.1 Å². The first-order chi connectivity index (χ1) is 11.8. The fourth-order valence-corrected chi connectivity index (χ4v) is 3.85. The molecule has 2 aromatic heterocycles. The van der Waals surface area contributed by atoms with E-state index < -0.39 is 15.9 Å². The van der Waals surface area contributed by atoms with Crippen molar-refractivity contribution in [1.29, 1.82) is 0 Å². The second-order valence-electron chi connectivity index (χ2n) is 6.70. The maximum atomic E-state index is 12.8. The molecule has 1 atom stereocenters. The quantitative estimate of drug-likeness (QED) is 0.841. The van der Waals surface area contributed by atoms with E-state index in [-0.39, 0.29) is 10.9 Å². The number of imidazole rings is 1. The van der Waals surface area contributed by atoms with Gasteiger partial charge in [0.15, 0.2) is 20.7 Å². The van der Waals surface area contributed by atoms with Gasteiger partial charge in [0, 0.05) is 31.8 Å². The summed E-state index contributed by atoms with van der Waals surface area (Å²) in [6.45, 7) is 0. The Bertz CT molecular complexity index is 849. The summed E-state index contributed by atoms with van der Waals surface area (Å²) in [6, 6.07) is 1.22. The maximum absolute atomic E-state index is 12.8. The number of anilines is 1. The predicted molar refractivity (Wildman–Crippen MR) is 92.8 cm³/mol. The Morgan fingerprint density at radius 1 is 1.40 bits per heavy atom. The minimum Gasteiger partial charge on any atom is -0.324 e. The number of nitrogens with zero attached hydrogens (tertiary/aromatic N) is 4. The Labute approximate surface area is 147 Å². The van der Waals surface area contributed by atoms with E-state index in [4.69, 9.17) is 0 Å². The van der Waals surface area contributed by atoms with E-state index in [9.17, 15) is 13.2 Å². The third-order valence-corrected chi connectivity index (χ3v) is 5.59. The lowest BCUT2D eigenvalue weighted by molar-refractivity contribution is -0.119. The van der Waals surface area contributed by atoms with E-state index in [0.717, 1.165) is 19.1 Å². The molecule has 0 spiro atoms. The van der Waals surface area contributed by atoms with Gasteiger partial charge in [-0.15, -0.1) is 0 Å². The Kier molecular flexibility index (Phi) is 4.94. The van der Waals surface area contributed by atoms with Gasteiger partial charge in [0.2, 0.25) is 5.91 Å². The van der Waals surface area contributed by atoms with Crippen molar-refractivity contribution in [3.05, 3.63) is 24.8 Å². The number of hydrogen-bond donors (Lipinski definition) is 1. The molecule has 1 aliphatic rings. The van der Waals surface area contributed by atoms with Gasteiger partial charge in [0.1, 0.15) is 6.04 Å². The van der Waals surface area contributed by atoms with Crippen LogP contribution in [0.15, 0.2) is 29.8 Å². The number of aryl methyl sites for hydroxylation is 1. The third-order valence-electron chi connectivity index (χ3n) is 4.62. The van der Waals surface area contributed by atoms with Crippen LogP contribution in [0.3, 0.4) is 0 Å². The minimum absolute atomic E-state index is 0.0189. The lowest BCUT2D eigenvalue weighted by Crippen LogP contribution is -2.27. The molecule has 25 heavy (non-hydrogen) atoms. The molecule has 9 heteroatoms. The molecule has 0 aliphatic heterocycles. The zero-order valence-electron chi connectivity index (χ0n) is 14.4. The normalized spacial score (nSPS) is 16.9. The van der Waals surface area contributed by atoms with Crippen molar-refractivity contribution in [3.63, 3.8) is 0 Å². The van der Waals surface area contributed by atoms with E-state index in [1.165, 1.54) is 25.4 Å². The van der Waals surface area contributed by atoms with Crippen LogP contribution in [-0.4, -0.2) is 39.9 Å². The number of amides is 1. The van der Waals surface area contributed by atoms with Gasteiger partial charge in [-0.3, -0.25) is 9.48 Å². The van der Waals surface area contributed by atoms with Crippen molar-refractivity contribution >= 4 is 21.6 Å². The number of aromatic nitrogens is 4. The standard InChI is InChI=1S/C16H23N5O3S/c1-20-8-7-14(19-20)18-16(22)13(9-12-5-3-4-6-12)21-10-15(17-11-21)25(2,23)24/h7-8,10-13H,3-6,9H2,1-2H3,(H,18,19,22). The van der Waals surface area contributed by atoms with Crippen molar-refractivity contribution < 1.29 is 13.2 Å². The Hall–Kier alpha value is -2.16. The summed E-state index contributed by atoms with van der Waals surface area (Å²) in [5, 5.41) is 6.96. The zero-order chi connectivity index (χ0) is 18.0. The van der Waals surface area contributed by atoms with Gasteiger partial charge in [0.05, 0.1) is 6.33 Å². The highest BCUT2D eigenvalue weighted by Crippen LogP contribution is 2.32. The van der Waals surface area contributed by atoms with Gasteiger partial charge in [-0.05, 0) is 12.3 Å². The molecule has 2 aromatic rings. The summed E-state index contributed by atoms with van der Waals surface area (Å²) in [6.07, 6.45) is 10.9. The zero-order valence-corrected chi connectivity index (χ0v) is 15.2. The van der Waals surface area contributed by atoms with Crippen LogP contribution < -0.4 is 5.32 Å². The van der Waals surface area contributed by atoms with Crippen LogP contribution in [0.4, 0.5) is 5.82 Å². The van der Waals surface area contributed by atoms with Gasteiger partial charge >= 0.3 is 0 Å². The van der Waals surface area contributed by atoms with E-state index in [1.54, 1.807) is 28.6 Å². The predicted octanol–water partition coefficient (Wildman–Crippen LogP) is 1.78. The molecule has 3 rings (SSSR count). The fourth-order valence-electron chi connectivity index (χ4n) is 3.30. The highest BCUT2D eigenvalue weighted by molar-refractivity contribution is 7.90. The van der Waals surface area contributed by atoms with E-state index in [0.29, 0.717) is 18.2 Å². The van der Waals surface area contributed by atoms with Gasteiger partial charge in [0.25, 0.3) is 0 Å². The Morgan fingerprint density at radius 2 is 2.12 bits per heavy atom. The van der Waals surface area contributed by atoms with Gasteiger partial charge in [-0.1, -0.05) is 25.7 Å². The smallest absolute Gasteiger partial charge is 0.248 e. The highest BCUT2D eigenvalue weighted by atomic mass is 32.2. The average Bonchev–Trinajstić information content (AvgIpc) is 3.25. The third kappa shape index (κ3) is 4.28. The van der Waals surface area contributed by atoms with Crippen molar-refractivity contribution in [2.75, 3.05) is 11.6 Å². The van der Waals surface area contributed by atoms with Crippen LogP contribution in [0, 0.1) is 5.92 Å². The van der Waals surface area contributed by atoms with E-state index in [1.807, 2.05) is 0 Å². The number of nitrogens with one attached hydrogen (secondary N) is 1. The molecule has 136 valence electrons.